The third-order valence-electron chi connectivity index (χ3n) is 5.83. The number of rotatable bonds is 9. The Hall–Kier alpha value is -1.85. The minimum absolute atomic E-state index is 0.0774. The van der Waals surface area contributed by atoms with E-state index in [4.69, 9.17) is 38.7 Å². The zero-order valence-corrected chi connectivity index (χ0v) is 19.5. The van der Waals surface area contributed by atoms with Gasteiger partial charge in [0.25, 0.3) is 0 Å². The monoisotopic (exact) mass is 460 g/mol. The van der Waals surface area contributed by atoms with E-state index >= 15 is 0 Å². The second-order valence-electron chi connectivity index (χ2n) is 8.57. The summed E-state index contributed by atoms with van der Waals surface area (Å²) in [5.41, 5.74) is 7.65. The van der Waals surface area contributed by atoms with Crippen LogP contribution in [0.4, 0.5) is 0 Å². The van der Waals surface area contributed by atoms with Crippen molar-refractivity contribution in [2.24, 2.45) is 16.6 Å². The lowest BCUT2D eigenvalue weighted by molar-refractivity contribution is 0.130. The summed E-state index contributed by atoms with van der Waals surface area (Å²) in [6, 6.07) is 14.8. The molecule has 4 nitrogen and oxygen atoms in total. The first-order chi connectivity index (χ1) is 14.7. The molecule has 1 aliphatic rings. The summed E-state index contributed by atoms with van der Waals surface area (Å²) in [5, 5.41) is 12.6. The molecule has 0 saturated heterocycles. The van der Waals surface area contributed by atoms with Crippen LogP contribution < -0.4 is 5.73 Å². The number of aliphatic hydroxyl groups excluding tert-OH is 1. The summed E-state index contributed by atoms with van der Waals surface area (Å²) in [6.07, 6.45) is 1.85. The van der Waals surface area contributed by atoms with Gasteiger partial charge in [0.15, 0.2) is 0 Å². The van der Waals surface area contributed by atoms with Crippen LogP contribution in [0.15, 0.2) is 66.2 Å². The molecule has 31 heavy (non-hydrogen) atoms. The van der Waals surface area contributed by atoms with E-state index in [9.17, 15) is 5.11 Å². The van der Waals surface area contributed by atoms with Gasteiger partial charge in [0.2, 0.25) is 5.90 Å². The fraction of sp³-hybridized carbons (Fsp3) is 0.400. The molecular formula is C25H30Cl2N2O2. The van der Waals surface area contributed by atoms with Gasteiger partial charge >= 0.3 is 0 Å². The number of aliphatic hydroxyl groups is 1. The second-order valence-corrected chi connectivity index (χ2v) is 9.44. The van der Waals surface area contributed by atoms with Crippen LogP contribution in [0.2, 0.25) is 10.0 Å². The fourth-order valence-corrected chi connectivity index (χ4v) is 4.28. The normalized spacial score (nSPS) is 20.0. The molecule has 3 N–H and O–H groups in total. The molecule has 0 aliphatic carbocycles. The minimum Gasteiger partial charge on any atom is -0.477 e. The van der Waals surface area contributed by atoms with Gasteiger partial charge in [0, 0.05) is 16.0 Å². The molecule has 6 heteroatoms. The lowest BCUT2D eigenvalue weighted by Crippen LogP contribution is -2.49. The number of aliphatic imine (C=N–C) groups is 1. The van der Waals surface area contributed by atoms with Crippen LogP contribution in [0.25, 0.3) is 0 Å². The predicted molar refractivity (Wildman–Crippen MR) is 129 cm³/mol. The van der Waals surface area contributed by atoms with Gasteiger partial charge in [0.05, 0.1) is 17.7 Å². The zero-order chi connectivity index (χ0) is 22.6. The van der Waals surface area contributed by atoms with E-state index in [1.165, 1.54) is 0 Å². The average molecular weight is 461 g/mol. The van der Waals surface area contributed by atoms with E-state index in [1.54, 1.807) is 18.2 Å². The quantitative estimate of drug-likeness (QED) is 0.455. The van der Waals surface area contributed by atoms with E-state index in [2.05, 4.69) is 20.4 Å². The Morgan fingerprint density at radius 3 is 2.48 bits per heavy atom. The largest absolute Gasteiger partial charge is 0.477 e. The summed E-state index contributed by atoms with van der Waals surface area (Å²) in [5.74, 6) is 0.546. The van der Waals surface area contributed by atoms with Gasteiger partial charge in [-0.25, -0.2) is 4.99 Å². The number of nitrogens with zero attached hydrogens (tertiary/aromatic N) is 1. The number of benzene rings is 2. The summed E-state index contributed by atoms with van der Waals surface area (Å²) in [7, 11) is 0. The zero-order valence-electron chi connectivity index (χ0n) is 18.0. The molecule has 2 aromatic carbocycles. The first-order valence-corrected chi connectivity index (χ1v) is 11.3. The molecular weight excluding hydrogens is 431 g/mol. The number of hydrogen-bond acceptors (Lipinski definition) is 4. The van der Waals surface area contributed by atoms with Crippen LogP contribution in [0, 0.1) is 5.92 Å². The third-order valence-corrected chi connectivity index (χ3v) is 6.32. The van der Waals surface area contributed by atoms with Gasteiger partial charge < -0.3 is 15.6 Å². The average Bonchev–Trinajstić information content (AvgIpc) is 3.24. The smallest absolute Gasteiger partial charge is 0.204 e. The van der Waals surface area contributed by atoms with Crippen molar-refractivity contribution in [3.8, 4) is 0 Å². The van der Waals surface area contributed by atoms with Crippen molar-refractivity contribution in [2.45, 2.75) is 50.3 Å². The highest BCUT2D eigenvalue weighted by molar-refractivity contribution is 6.30. The van der Waals surface area contributed by atoms with Gasteiger partial charge in [-0.1, -0.05) is 67.4 Å². The molecule has 166 valence electrons. The minimum atomic E-state index is -0.897. The molecule has 1 aliphatic heterocycles. The molecule has 0 spiro atoms. The summed E-state index contributed by atoms with van der Waals surface area (Å²) < 4.78 is 5.96. The third kappa shape index (κ3) is 5.69. The molecule has 0 amide bonds. The van der Waals surface area contributed by atoms with Crippen LogP contribution in [-0.2, 0) is 4.74 Å². The van der Waals surface area contributed by atoms with E-state index < -0.39 is 11.6 Å². The summed E-state index contributed by atoms with van der Waals surface area (Å²) in [4.78, 5) is 4.78. The molecule has 3 rings (SSSR count). The molecule has 0 aromatic heterocycles. The Balaban J connectivity index is 2.00. The molecule has 2 aromatic rings. The van der Waals surface area contributed by atoms with E-state index in [1.807, 2.05) is 36.4 Å². The number of ether oxygens (including phenoxy) is 1. The highest BCUT2D eigenvalue weighted by Crippen LogP contribution is 2.40. The van der Waals surface area contributed by atoms with Crippen LogP contribution >= 0.6 is 23.2 Å². The number of nitrogens with two attached hydrogens (primary N) is 1. The molecule has 1 unspecified atom stereocenters. The van der Waals surface area contributed by atoms with Crippen molar-refractivity contribution < 1.29 is 9.84 Å². The van der Waals surface area contributed by atoms with Crippen molar-refractivity contribution in [3.63, 3.8) is 0 Å². The fourth-order valence-electron chi connectivity index (χ4n) is 3.95. The summed E-state index contributed by atoms with van der Waals surface area (Å²) in [6.45, 7) is 8.64. The Bertz CT molecular complexity index is 929. The summed E-state index contributed by atoms with van der Waals surface area (Å²) >= 11 is 12.3. The Kier molecular flexibility index (Phi) is 7.82. The van der Waals surface area contributed by atoms with Crippen molar-refractivity contribution in [1.82, 2.24) is 0 Å². The van der Waals surface area contributed by atoms with Crippen LogP contribution in [0.3, 0.4) is 0 Å². The SMILES string of the molecule is C=CCC(N)(C[C@H](c1cccc(Cl)c1)[C@@H](O)c1ccc(Cl)cc1)C1=N[C@@H](C(C)C)CO1. The Morgan fingerprint density at radius 2 is 1.90 bits per heavy atom. The van der Waals surface area contributed by atoms with E-state index in [0.717, 1.165) is 11.1 Å². The van der Waals surface area contributed by atoms with Crippen molar-refractivity contribution in [3.05, 3.63) is 82.4 Å². The van der Waals surface area contributed by atoms with Crippen molar-refractivity contribution in [1.29, 1.82) is 0 Å². The lowest BCUT2D eigenvalue weighted by atomic mass is 9.77. The van der Waals surface area contributed by atoms with Gasteiger partial charge in [-0.3, -0.25) is 0 Å². The first-order valence-electron chi connectivity index (χ1n) is 10.5. The topological polar surface area (TPSA) is 67.8 Å². The van der Waals surface area contributed by atoms with E-state index in [0.29, 0.717) is 41.3 Å². The maximum atomic E-state index is 11.4. The van der Waals surface area contributed by atoms with Gasteiger partial charge in [-0.15, -0.1) is 6.58 Å². The molecule has 0 fully saturated rings. The predicted octanol–water partition coefficient (Wildman–Crippen LogP) is 5.93. The first kappa shape index (κ1) is 23.8. The Labute approximate surface area is 194 Å². The second kappa shape index (κ2) is 10.2. The molecule has 0 radical (unpaired) electrons. The standard InChI is InChI=1S/C25H30Cl2N2O2/c1-4-12-25(28,24-29-22(15-31-24)16(2)3)14-21(18-6-5-7-20(27)13-18)23(30)17-8-10-19(26)11-9-17/h4-11,13,16,21-23,30H,1,12,14-15,28H2,2-3H3/t21-,22-,23+,25?/m1/s1. The molecule has 4 atom stereocenters. The van der Waals surface area contributed by atoms with Gasteiger partial charge in [-0.05, 0) is 54.2 Å². The Morgan fingerprint density at radius 1 is 1.19 bits per heavy atom. The van der Waals surface area contributed by atoms with Crippen LogP contribution in [0.1, 0.15) is 49.8 Å². The van der Waals surface area contributed by atoms with Crippen molar-refractivity contribution in [2.75, 3.05) is 6.61 Å². The molecule has 0 saturated carbocycles. The maximum absolute atomic E-state index is 11.4. The highest BCUT2D eigenvalue weighted by atomic mass is 35.5. The van der Waals surface area contributed by atoms with Gasteiger partial charge in [0.1, 0.15) is 6.61 Å². The molecule has 0 bridgehead atoms. The number of halogens is 2. The lowest BCUT2D eigenvalue weighted by Gasteiger charge is -2.34. The highest BCUT2D eigenvalue weighted by Gasteiger charge is 2.41. The van der Waals surface area contributed by atoms with Crippen LogP contribution in [-0.4, -0.2) is 29.2 Å². The molecule has 1 heterocycles. The number of hydrogen-bond donors (Lipinski definition) is 2. The van der Waals surface area contributed by atoms with E-state index in [-0.39, 0.29) is 12.0 Å². The maximum Gasteiger partial charge on any atom is 0.204 e. The van der Waals surface area contributed by atoms with Gasteiger partial charge in [-0.2, -0.15) is 0 Å². The van der Waals surface area contributed by atoms with Crippen molar-refractivity contribution >= 4 is 29.1 Å². The van der Waals surface area contributed by atoms with Crippen LogP contribution in [0.5, 0.6) is 0 Å².